The standard InChI is InChI=1S/C13H19FN2/c1-10-8-15-5-6-16(9-10)12-3-4-13(14)11(2)7-12/h3-4,7,10,15H,5-6,8-9H2,1-2H3. The zero-order valence-electron chi connectivity index (χ0n) is 9.96. The molecule has 1 aromatic carbocycles. The minimum atomic E-state index is -0.121. The van der Waals surface area contributed by atoms with Gasteiger partial charge in [0.2, 0.25) is 0 Å². The van der Waals surface area contributed by atoms with Crippen molar-refractivity contribution in [3.05, 3.63) is 29.6 Å². The predicted octanol–water partition coefficient (Wildman–Crippen LogP) is 2.18. The molecule has 0 bridgehead atoms. The molecular formula is C13H19FN2. The summed E-state index contributed by atoms with van der Waals surface area (Å²) in [5.74, 6) is 0.512. The third-order valence-corrected chi connectivity index (χ3v) is 3.09. The van der Waals surface area contributed by atoms with Crippen LogP contribution in [0.25, 0.3) is 0 Å². The molecule has 16 heavy (non-hydrogen) atoms. The van der Waals surface area contributed by atoms with Gasteiger partial charge in [0.05, 0.1) is 0 Å². The maximum Gasteiger partial charge on any atom is 0.126 e. The Balaban J connectivity index is 2.18. The molecule has 88 valence electrons. The highest BCUT2D eigenvalue weighted by Crippen LogP contribution is 2.20. The Bertz CT molecular complexity index is 365. The average molecular weight is 222 g/mol. The van der Waals surface area contributed by atoms with E-state index in [0.29, 0.717) is 5.92 Å². The summed E-state index contributed by atoms with van der Waals surface area (Å²) in [6.45, 7) is 8.16. The van der Waals surface area contributed by atoms with E-state index < -0.39 is 0 Å². The summed E-state index contributed by atoms with van der Waals surface area (Å²) < 4.78 is 13.2. The van der Waals surface area contributed by atoms with Crippen LogP contribution in [-0.2, 0) is 0 Å². The van der Waals surface area contributed by atoms with Gasteiger partial charge in [-0.1, -0.05) is 6.92 Å². The van der Waals surface area contributed by atoms with Gasteiger partial charge in [0.1, 0.15) is 5.82 Å². The third kappa shape index (κ3) is 2.53. The normalized spacial score (nSPS) is 21.9. The van der Waals surface area contributed by atoms with Gasteiger partial charge in [0.25, 0.3) is 0 Å². The molecule has 1 fully saturated rings. The van der Waals surface area contributed by atoms with Crippen LogP contribution in [0.2, 0.25) is 0 Å². The second-order valence-corrected chi connectivity index (χ2v) is 4.69. The first-order valence-electron chi connectivity index (χ1n) is 5.88. The Morgan fingerprint density at radius 3 is 3.00 bits per heavy atom. The van der Waals surface area contributed by atoms with Crippen molar-refractivity contribution in [2.75, 3.05) is 31.1 Å². The minimum absolute atomic E-state index is 0.121. The van der Waals surface area contributed by atoms with E-state index in [0.717, 1.165) is 37.4 Å². The smallest absolute Gasteiger partial charge is 0.126 e. The molecular weight excluding hydrogens is 203 g/mol. The molecule has 1 atom stereocenters. The monoisotopic (exact) mass is 222 g/mol. The highest BCUT2D eigenvalue weighted by Gasteiger charge is 2.15. The van der Waals surface area contributed by atoms with Crippen molar-refractivity contribution < 1.29 is 4.39 Å². The average Bonchev–Trinajstić information content (AvgIpc) is 2.47. The van der Waals surface area contributed by atoms with Crippen molar-refractivity contribution in [1.29, 1.82) is 0 Å². The Morgan fingerprint density at radius 2 is 2.25 bits per heavy atom. The molecule has 2 rings (SSSR count). The quantitative estimate of drug-likeness (QED) is 0.783. The molecule has 1 aliphatic heterocycles. The van der Waals surface area contributed by atoms with Crippen LogP contribution in [0.4, 0.5) is 10.1 Å². The molecule has 0 saturated carbocycles. The second kappa shape index (κ2) is 4.83. The molecule has 2 nitrogen and oxygen atoms in total. The Labute approximate surface area is 96.5 Å². The van der Waals surface area contributed by atoms with Crippen molar-refractivity contribution in [2.24, 2.45) is 5.92 Å². The van der Waals surface area contributed by atoms with Crippen LogP contribution in [-0.4, -0.2) is 26.2 Å². The molecule has 0 amide bonds. The molecule has 0 radical (unpaired) electrons. The Morgan fingerprint density at radius 1 is 1.44 bits per heavy atom. The summed E-state index contributed by atoms with van der Waals surface area (Å²) in [6.07, 6.45) is 0. The maximum absolute atomic E-state index is 13.2. The van der Waals surface area contributed by atoms with E-state index in [1.807, 2.05) is 19.1 Å². The Hall–Kier alpha value is -1.09. The molecule has 0 aromatic heterocycles. The van der Waals surface area contributed by atoms with E-state index >= 15 is 0 Å². The van der Waals surface area contributed by atoms with Crippen LogP contribution < -0.4 is 10.2 Å². The molecule has 3 heteroatoms. The lowest BCUT2D eigenvalue weighted by atomic mass is 10.1. The first-order valence-corrected chi connectivity index (χ1v) is 5.88. The van der Waals surface area contributed by atoms with Crippen molar-refractivity contribution in [2.45, 2.75) is 13.8 Å². The van der Waals surface area contributed by atoms with Gasteiger partial charge in [-0.25, -0.2) is 4.39 Å². The van der Waals surface area contributed by atoms with E-state index in [9.17, 15) is 4.39 Å². The number of nitrogens with zero attached hydrogens (tertiary/aromatic N) is 1. The minimum Gasteiger partial charge on any atom is -0.370 e. The summed E-state index contributed by atoms with van der Waals surface area (Å²) in [6, 6.07) is 5.38. The van der Waals surface area contributed by atoms with Gasteiger partial charge in [-0.3, -0.25) is 0 Å². The van der Waals surface area contributed by atoms with Crippen LogP contribution in [0.15, 0.2) is 18.2 Å². The lowest BCUT2D eigenvalue weighted by Gasteiger charge is -2.24. The van der Waals surface area contributed by atoms with Crippen LogP contribution in [0.3, 0.4) is 0 Å². The molecule has 1 N–H and O–H groups in total. The third-order valence-electron chi connectivity index (χ3n) is 3.09. The molecule has 0 aliphatic carbocycles. The molecule has 0 spiro atoms. The maximum atomic E-state index is 13.2. The number of halogens is 1. The fraction of sp³-hybridized carbons (Fsp3) is 0.538. The number of benzene rings is 1. The first-order chi connectivity index (χ1) is 7.66. The van der Waals surface area contributed by atoms with Crippen LogP contribution in [0.1, 0.15) is 12.5 Å². The number of anilines is 1. The largest absolute Gasteiger partial charge is 0.370 e. The predicted molar refractivity (Wildman–Crippen MR) is 65.4 cm³/mol. The Kier molecular flexibility index (Phi) is 3.44. The summed E-state index contributed by atoms with van der Waals surface area (Å²) in [5.41, 5.74) is 1.86. The van der Waals surface area contributed by atoms with Crippen molar-refractivity contribution >= 4 is 5.69 Å². The summed E-state index contributed by atoms with van der Waals surface area (Å²) in [5, 5.41) is 3.41. The molecule has 1 heterocycles. The van der Waals surface area contributed by atoms with Crippen molar-refractivity contribution in [3.63, 3.8) is 0 Å². The van der Waals surface area contributed by atoms with Gasteiger partial charge in [0.15, 0.2) is 0 Å². The lowest BCUT2D eigenvalue weighted by molar-refractivity contribution is 0.563. The van der Waals surface area contributed by atoms with Crippen LogP contribution in [0, 0.1) is 18.7 Å². The fourth-order valence-corrected chi connectivity index (χ4v) is 2.15. The van der Waals surface area contributed by atoms with Crippen molar-refractivity contribution in [1.82, 2.24) is 5.32 Å². The van der Waals surface area contributed by atoms with Gasteiger partial charge in [-0.2, -0.15) is 0 Å². The lowest BCUT2D eigenvalue weighted by Crippen LogP contribution is -2.29. The second-order valence-electron chi connectivity index (χ2n) is 4.69. The highest BCUT2D eigenvalue weighted by molar-refractivity contribution is 5.49. The van der Waals surface area contributed by atoms with E-state index in [4.69, 9.17) is 0 Å². The van der Waals surface area contributed by atoms with Crippen molar-refractivity contribution in [3.8, 4) is 0 Å². The SMILES string of the molecule is Cc1cc(N2CCNCC(C)C2)ccc1F. The molecule has 1 unspecified atom stereocenters. The fourth-order valence-electron chi connectivity index (χ4n) is 2.15. The van der Waals surface area contributed by atoms with E-state index in [1.165, 1.54) is 0 Å². The first kappa shape index (κ1) is 11.4. The van der Waals surface area contributed by atoms with Gasteiger partial charge >= 0.3 is 0 Å². The number of aryl methyl sites for hydroxylation is 1. The van der Waals surface area contributed by atoms with E-state index in [2.05, 4.69) is 17.1 Å². The van der Waals surface area contributed by atoms with E-state index in [1.54, 1.807) is 6.07 Å². The molecule has 1 aliphatic rings. The van der Waals surface area contributed by atoms with Gasteiger partial charge in [-0.15, -0.1) is 0 Å². The van der Waals surface area contributed by atoms with Gasteiger partial charge in [-0.05, 0) is 43.1 Å². The van der Waals surface area contributed by atoms with Gasteiger partial charge < -0.3 is 10.2 Å². The van der Waals surface area contributed by atoms with Gasteiger partial charge in [0, 0.05) is 25.3 Å². The van der Waals surface area contributed by atoms with Crippen LogP contribution >= 0.6 is 0 Å². The zero-order valence-corrected chi connectivity index (χ0v) is 9.96. The number of hydrogen-bond donors (Lipinski definition) is 1. The molecule has 1 saturated heterocycles. The highest BCUT2D eigenvalue weighted by atomic mass is 19.1. The zero-order chi connectivity index (χ0) is 11.5. The number of nitrogens with one attached hydrogen (secondary N) is 1. The topological polar surface area (TPSA) is 15.3 Å². The molecule has 1 aromatic rings. The van der Waals surface area contributed by atoms with E-state index in [-0.39, 0.29) is 5.82 Å². The number of hydrogen-bond acceptors (Lipinski definition) is 2. The summed E-state index contributed by atoms with van der Waals surface area (Å²) >= 11 is 0. The summed E-state index contributed by atoms with van der Waals surface area (Å²) in [4.78, 5) is 2.33. The number of rotatable bonds is 1. The summed E-state index contributed by atoms with van der Waals surface area (Å²) in [7, 11) is 0. The van der Waals surface area contributed by atoms with Crippen LogP contribution in [0.5, 0.6) is 0 Å².